The molecule has 1 aromatic carbocycles. The van der Waals surface area contributed by atoms with E-state index in [2.05, 4.69) is 17.3 Å². The van der Waals surface area contributed by atoms with Gasteiger partial charge in [-0.2, -0.15) is 0 Å². The van der Waals surface area contributed by atoms with Crippen LogP contribution in [0, 0.1) is 5.92 Å². The molecule has 0 bridgehead atoms. The zero-order chi connectivity index (χ0) is 12.8. The smallest absolute Gasteiger partial charge is 0.0829 e. The van der Waals surface area contributed by atoms with Crippen LogP contribution in [0.2, 0.25) is 0 Å². The SMILES string of the molecule is ON=Cc1ccc(C2CCC(/C=C/F)CC2)cc1. The average molecular weight is 247 g/mol. The lowest BCUT2D eigenvalue weighted by Crippen LogP contribution is -2.11. The second kappa shape index (κ2) is 6.34. The highest BCUT2D eigenvalue weighted by molar-refractivity contribution is 5.78. The van der Waals surface area contributed by atoms with E-state index in [1.165, 1.54) is 11.8 Å². The largest absolute Gasteiger partial charge is 0.411 e. The summed E-state index contributed by atoms with van der Waals surface area (Å²) in [6.45, 7) is 0. The van der Waals surface area contributed by atoms with Crippen molar-refractivity contribution in [2.24, 2.45) is 11.1 Å². The molecule has 1 fully saturated rings. The van der Waals surface area contributed by atoms with Crippen molar-refractivity contribution in [2.45, 2.75) is 31.6 Å². The van der Waals surface area contributed by atoms with Crippen molar-refractivity contribution >= 4 is 6.21 Å². The molecule has 1 saturated carbocycles. The maximum Gasteiger partial charge on any atom is 0.0829 e. The van der Waals surface area contributed by atoms with Gasteiger partial charge >= 0.3 is 0 Å². The highest BCUT2D eigenvalue weighted by Crippen LogP contribution is 2.36. The fourth-order valence-corrected chi connectivity index (χ4v) is 2.67. The summed E-state index contributed by atoms with van der Waals surface area (Å²) in [5, 5.41) is 11.5. The highest BCUT2D eigenvalue weighted by atomic mass is 19.1. The molecule has 0 amide bonds. The Morgan fingerprint density at radius 2 is 1.78 bits per heavy atom. The lowest BCUT2D eigenvalue weighted by molar-refractivity contribution is 0.322. The highest BCUT2D eigenvalue weighted by Gasteiger charge is 2.20. The fraction of sp³-hybridized carbons (Fsp3) is 0.400. The number of halogens is 1. The van der Waals surface area contributed by atoms with E-state index >= 15 is 0 Å². The second-order valence-corrected chi connectivity index (χ2v) is 4.84. The first-order valence-electron chi connectivity index (χ1n) is 6.37. The third-order valence-corrected chi connectivity index (χ3v) is 3.73. The fourth-order valence-electron chi connectivity index (χ4n) is 2.67. The molecule has 3 heteroatoms. The number of oxime groups is 1. The zero-order valence-electron chi connectivity index (χ0n) is 10.3. The minimum atomic E-state index is 0.409. The Hall–Kier alpha value is -1.64. The molecule has 2 nitrogen and oxygen atoms in total. The van der Waals surface area contributed by atoms with Crippen LogP contribution >= 0.6 is 0 Å². The molecule has 1 aromatic rings. The molecule has 1 N–H and O–H groups in total. The van der Waals surface area contributed by atoms with Crippen LogP contribution < -0.4 is 0 Å². The van der Waals surface area contributed by atoms with E-state index in [-0.39, 0.29) is 0 Å². The first kappa shape index (κ1) is 12.8. The molecule has 1 aliphatic carbocycles. The van der Waals surface area contributed by atoms with Gasteiger partial charge in [-0.05, 0) is 48.6 Å². The molecule has 0 unspecified atom stereocenters. The van der Waals surface area contributed by atoms with Crippen molar-refractivity contribution in [3.05, 3.63) is 47.8 Å². The van der Waals surface area contributed by atoms with Gasteiger partial charge in [-0.3, -0.25) is 0 Å². The van der Waals surface area contributed by atoms with Crippen molar-refractivity contribution in [1.82, 2.24) is 0 Å². The number of allylic oxidation sites excluding steroid dienone is 1. The molecule has 96 valence electrons. The summed E-state index contributed by atoms with van der Waals surface area (Å²) in [4.78, 5) is 0. The van der Waals surface area contributed by atoms with Crippen LogP contribution in [0.1, 0.15) is 42.7 Å². The summed E-state index contributed by atoms with van der Waals surface area (Å²) in [7, 11) is 0. The van der Waals surface area contributed by atoms with E-state index in [4.69, 9.17) is 5.21 Å². The normalized spacial score (nSPS) is 24.9. The number of hydrogen-bond acceptors (Lipinski definition) is 2. The quantitative estimate of drug-likeness (QED) is 0.483. The molecule has 0 aliphatic heterocycles. The Labute approximate surface area is 107 Å². The van der Waals surface area contributed by atoms with Gasteiger partial charge in [0.25, 0.3) is 0 Å². The second-order valence-electron chi connectivity index (χ2n) is 4.84. The van der Waals surface area contributed by atoms with Crippen LogP contribution in [0.15, 0.2) is 41.8 Å². The monoisotopic (exact) mass is 247 g/mol. The summed E-state index contributed by atoms with van der Waals surface area (Å²) in [6, 6.07) is 8.10. The molecule has 18 heavy (non-hydrogen) atoms. The summed E-state index contributed by atoms with van der Waals surface area (Å²) in [5.41, 5.74) is 2.23. The zero-order valence-corrected chi connectivity index (χ0v) is 10.3. The summed E-state index contributed by atoms with van der Waals surface area (Å²) >= 11 is 0. The molecule has 0 radical (unpaired) electrons. The van der Waals surface area contributed by atoms with Crippen molar-refractivity contribution in [3.8, 4) is 0 Å². The van der Waals surface area contributed by atoms with Gasteiger partial charge in [0.05, 0.1) is 12.5 Å². The number of nitrogens with zero attached hydrogens (tertiary/aromatic N) is 1. The minimum absolute atomic E-state index is 0.409. The Morgan fingerprint density at radius 1 is 1.11 bits per heavy atom. The van der Waals surface area contributed by atoms with Crippen LogP contribution in [0.4, 0.5) is 4.39 Å². The predicted molar refractivity (Wildman–Crippen MR) is 70.8 cm³/mol. The Balaban J connectivity index is 1.97. The molecule has 0 aromatic heterocycles. The third-order valence-electron chi connectivity index (χ3n) is 3.73. The lowest BCUT2D eigenvalue weighted by atomic mass is 9.79. The number of hydrogen-bond donors (Lipinski definition) is 1. The van der Waals surface area contributed by atoms with Crippen LogP contribution in [0.25, 0.3) is 0 Å². The van der Waals surface area contributed by atoms with E-state index in [1.54, 1.807) is 6.08 Å². The summed E-state index contributed by atoms with van der Waals surface area (Å²) in [6.07, 6.45) is 8.12. The summed E-state index contributed by atoms with van der Waals surface area (Å²) < 4.78 is 12.1. The molecule has 0 spiro atoms. The Kier molecular flexibility index (Phi) is 4.51. The van der Waals surface area contributed by atoms with Crippen LogP contribution in [0.5, 0.6) is 0 Å². The lowest BCUT2D eigenvalue weighted by Gasteiger charge is -2.26. The first-order chi connectivity index (χ1) is 8.83. The van der Waals surface area contributed by atoms with Crippen molar-refractivity contribution in [3.63, 3.8) is 0 Å². The van der Waals surface area contributed by atoms with E-state index < -0.39 is 0 Å². The molecule has 0 atom stereocenters. The first-order valence-corrected chi connectivity index (χ1v) is 6.37. The average Bonchev–Trinajstić information content (AvgIpc) is 2.41. The topological polar surface area (TPSA) is 32.6 Å². The van der Waals surface area contributed by atoms with Crippen molar-refractivity contribution < 1.29 is 9.60 Å². The third kappa shape index (κ3) is 3.19. The van der Waals surface area contributed by atoms with Gasteiger partial charge in [0.15, 0.2) is 0 Å². The maximum atomic E-state index is 12.1. The van der Waals surface area contributed by atoms with E-state index in [9.17, 15) is 4.39 Å². The van der Waals surface area contributed by atoms with Crippen LogP contribution in [-0.4, -0.2) is 11.4 Å². The molecule has 0 saturated heterocycles. The van der Waals surface area contributed by atoms with Gasteiger partial charge in [0.2, 0.25) is 0 Å². The van der Waals surface area contributed by atoms with Crippen LogP contribution in [-0.2, 0) is 0 Å². The van der Waals surface area contributed by atoms with Gasteiger partial charge in [0, 0.05) is 0 Å². The Morgan fingerprint density at radius 3 is 2.33 bits per heavy atom. The maximum absolute atomic E-state index is 12.1. The predicted octanol–water partition coefficient (Wildman–Crippen LogP) is 4.25. The van der Waals surface area contributed by atoms with Gasteiger partial charge in [-0.15, -0.1) is 0 Å². The van der Waals surface area contributed by atoms with Crippen LogP contribution in [0.3, 0.4) is 0 Å². The number of rotatable bonds is 3. The molecular formula is C15H18FNO. The molecular weight excluding hydrogens is 229 g/mol. The summed E-state index contributed by atoms with van der Waals surface area (Å²) in [5.74, 6) is 0.987. The van der Waals surface area contributed by atoms with E-state index in [0.717, 1.165) is 31.2 Å². The molecule has 2 rings (SSSR count). The van der Waals surface area contributed by atoms with Gasteiger partial charge in [0.1, 0.15) is 0 Å². The minimum Gasteiger partial charge on any atom is -0.411 e. The van der Waals surface area contributed by atoms with E-state index in [1.807, 2.05) is 12.1 Å². The Bertz CT molecular complexity index is 417. The van der Waals surface area contributed by atoms with Crippen molar-refractivity contribution in [1.29, 1.82) is 0 Å². The van der Waals surface area contributed by atoms with Gasteiger partial charge < -0.3 is 5.21 Å². The van der Waals surface area contributed by atoms with Gasteiger partial charge in [-0.1, -0.05) is 35.5 Å². The van der Waals surface area contributed by atoms with E-state index in [0.29, 0.717) is 18.2 Å². The van der Waals surface area contributed by atoms with Crippen molar-refractivity contribution in [2.75, 3.05) is 0 Å². The van der Waals surface area contributed by atoms with Gasteiger partial charge in [-0.25, -0.2) is 4.39 Å². The standard InChI is InChI=1S/C15H18FNO/c16-10-9-12-1-5-14(6-2-12)15-7-3-13(4-8-15)11-17-18/h3-4,7-12,14,18H,1-2,5-6H2/b10-9+,17-11?. The number of benzene rings is 1. The molecule has 1 aliphatic rings. The molecule has 0 heterocycles.